The minimum absolute atomic E-state index is 0.0222. The number of aryl methyl sites for hydroxylation is 1. The fourth-order valence-electron chi connectivity index (χ4n) is 3.44. The van der Waals surface area contributed by atoms with Crippen LogP contribution in [0.4, 0.5) is 0 Å². The van der Waals surface area contributed by atoms with Crippen molar-refractivity contribution in [3.05, 3.63) is 53.3 Å². The van der Waals surface area contributed by atoms with Gasteiger partial charge in [-0.1, -0.05) is 30.3 Å². The molecule has 1 aliphatic rings. The zero-order valence-corrected chi connectivity index (χ0v) is 14.5. The number of nitrogens with one attached hydrogen (secondary N) is 1. The maximum absolute atomic E-state index is 12.3. The Bertz CT molecular complexity index is 680. The van der Waals surface area contributed by atoms with E-state index in [9.17, 15) is 4.79 Å². The second-order valence-electron chi connectivity index (χ2n) is 6.41. The fraction of sp³-hybridized carbons (Fsp3) is 0.474. The first-order valence-corrected chi connectivity index (χ1v) is 8.77. The summed E-state index contributed by atoms with van der Waals surface area (Å²) in [5.41, 5.74) is 3.03. The van der Waals surface area contributed by atoms with Crippen LogP contribution >= 0.6 is 0 Å². The zero-order chi connectivity index (χ0) is 16.9. The van der Waals surface area contributed by atoms with Crippen molar-refractivity contribution in [2.75, 3.05) is 26.2 Å². The number of amides is 1. The average Bonchev–Trinajstić information content (AvgIpc) is 3.22. The number of hydrogen-bond acceptors (Lipinski definition) is 3. The molecule has 1 saturated heterocycles. The quantitative estimate of drug-likeness (QED) is 0.887. The van der Waals surface area contributed by atoms with Crippen LogP contribution in [0.5, 0.6) is 0 Å². The van der Waals surface area contributed by atoms with Gasteiger partial charge in [-0.3, -0.25) is 9.48 Å². The van der Waals surface area contributed by atoms with Crippen molar-refractivity contribution in [3.8, 4) is 0 Å². The molecule has 5 heteroatoms. The molecule has 1 amide bonds. The van der Waals surface area contributed by atoms with Crippen molar-refractivity contribution in [3.63, 3.8) is 0 Å². The van der Waals surface area contributed by atoms with Crippen molar-refractivity contribution >= 4 is 5.91 Å². The zero-order valence-electron chi connectivity index (χ0n) is 14.5. The van der Waals surface area contributed by atoms with E-state index in [0.29, 0.717) is 18.0 Å². The highest BCUT2D eigenvalue weighted by Crippen LogP contribution is 2.26. The molecule has 1 aliphatic heterocycles. The second kappa shape index (κ2) is 7.62. The van der Waals surface area contributed by atoms with Gasteiger partial charge in [-0.05, 0) is 38.3 Å². The molecule has 128 valence electrons. The molecule has 0 saturated carbocycles. The Morgan fingerprint density at radius 1 is 1.33 bits per heavy atom. The molecule has 1 atom stereocenters. The fourth-order valence-corrected chi connectivity index (χ4v) is 3.44. The average molecular weight is 326 g/mol. The van der Waals surface area contributed by atoms with Crippen LogP contribution in [0.15, 0.2) is 36.5 Å². The second-order valence-corrected chi connectivity index (χ2v) is 6.41. The highest BCUT2D eigenvalue weighted by atomic mass is 16.1. The van der Waals surface area contributed by atoms with E-state index in [1.807, 2.05) is 18.5 Å². The van der Waals surface area contributed by atoms with E-state index in [0.717, 1.165) is 31.9 Å². The van der Waals surface area contributed by atoms with Gasteiger partial charge in [0.25, 0.3) is 5.91 Å². The van der Waals surface area contributed by atoms with Gasteiger partial charge in [0.05, 0.1) is 11.8 Å². The summed E-state index contributed by atoms with van der Waals surface area (Å²) < 4.78 is 1.85. The predicted octanol–water partition coefficient (Wildman–Crippen LogP) is 2.43. The Morgan fingerprint density at radius 3 is 2.83 bits per heavy atom. The molecule has 2 heterocycles. The number of likely N-dealkylation sites (tertiary alicyclic amines) is 1. The SMILES string of the molecule is CCn1ncc(C(=O)NCCN2CCC(c3ccccc3)C2)c1C. The summed E-state index contributed by atoms with van der Waals surface area (Å²) in [7, 11) is 0. The Hall–Kier alpha value is -2.14. The molecule has 0 aliphatic carbocycles. The molecule has 2 aromatic rings. The topological polar surface area (TPSA) is 50.2 Å². The summed E-state index contributed by atoms with van der Waals surface area (Å²) in [5, 5.41) is 7.25. The Balaban J connectivity index is 1.45. The van der Waals surface area contributed by atoms with E-state index in [1.54, 1.807) is 6.20 Å². The summed E-state index contributed by atoms with van der Waals surface area (Å²) in [5.74, 6) is 0.595. The van der Waals surface area contributed by atoms with Crippen LogP contribution in [0.2, 0.25) is 0 Å². The van der Waals surface area contributed by atoms with Crippen molar-refractivity contribution in [1.82, 2.24) is 20.0 Å². The largest absolute Gasteiger partial charge is 0.351 e. The first kappa shape index (κ1) is 16.7. The monoisotopic (exact) mass is 326 g/mol. The van der Waals surface area contributed by atoms with E-state index in [1.165, 1.54) is 12.0 Å². The van der Waals surface area contributed by atoms with E-state index < -0.39 is 0 Å². The third-order valence-corrected chi connectivity index (χ3v) is 4.90. The van der Waals surface area contributed by atoms with Gasteiger partial charge in [0.15, 0.2) is 0 Å². The highest BCUT2D eigenvalue weighted by molar-refractivity contribution is 5.95. The molecular formula is C19H26N4O. The molecular weight excluding hydrogens is 300 g/mol. The first-order chi connectivity index (χ1) is 11.7. The lowest BCUT2D eigenvalue weighted by molar-refractivity contribution is 0.0949. The standard InChI is InChI=1S/C19H26N4O/c1-3-23-15(2)18(13-21-23)19(24)20-10-12-22-11-9-17(14-22)16-7-5-4-6-8-16/h4-8,13,17H,3,9-12,14H2,1-2H3,(H,20,24). The van der Waals surface area contributed by atoms with Crippen LogP contribution in [0.3, 0.4) is 0 Å². The maximum atomic E-state index is 12.3. The predicted molar refractivity (Wildman–Crippen MR) is 95.2 cm³/mol. The normalized spacial score (nSPS) is 18.0. The van der Waals surface area contributed by atoms with Crippen molar-refractivity contribution in [1.29, 1.82) is 0 Å². The minimum Gasteiger partial charge on any atom is -0.351 e. The molecule has 1 fully saturated rings. The van der Waals surface area contributed by atoms with Crippen molar-refractivity contribution in [2.45, 2.75) is 32.7 Å². The van der Waals surface area contributed by atoms with Gasteiger partial charge in [-0.15, -0.1) is 0 Å². The smallest absolute Gasteiger partial charge is 0.254 e. The third-order valence-electron chi connectivity index (χ3n) is 4.90. The van der Waals surface area contributed by atoms with Crippen LogP contribution < -0.4 is 5.32 Å². The Morgan fingerprint density at radius 2 is 2.12 bits per heavy atom. The lowest BCUT2D eigenvalue weighted by Gasteiger charge is -2.16. The van der Waals surface area contributed by atoms with Gasteiger partial charge in [0.1, 0.15) is 0 Å². The third kappa shape index (κ3) is 3.67. The van der Waals surface area contributed by atoms with E-state index in [2.05, 4.69) is 45.6 Å². The summed E-state index contributed by atoms with van der Waals surface area (Å²) in [6.07, 6.45) is 2.86. The minimum atomic E-state index is -0.0222. The number of aromatic nitrogens is 2. The summed E-state index contributed by atoms with van der Waals surface area (Å²) >= 11 is 0. The summed E-state index contributed by atoms with van der Waals surface area (Å²) in [6.45, 7) is 8.50. The van der Waals surface area contributed by atoms with Crippen LogP contribution in [-0.4, -0.2) is 46.8 Å². The van der Waals surface area contributed by atoms with E-state index >= 15 is 0 Å². The number of nitrogens with zero attached hydrogens (tertiary/aromatic N) is 3. The van der Waals surface area contributed by atoms with Gasteiger partial charge in [-0.2, -0.15) is 5.10 Å². The molecule has 1 unspecified atom stereocenters. The molecule has 1 N–H and O–H groups in total. The van der Waals surface area contributed by atoms with Crippen LogP contribution in [0.25, 0.3) is 0 Å². The van der Waals surface area contributed by atoms with Gasteiger partial charge < -0.3 is 10.2 Å². The van der Waals surface area contributed by atoms with Gasteiger partial charge in [0.2, 0.25) is 0 Å². The van der Waals surface area contributed by atoms with Crippen molar-refractivity contribution in [2.24, 2.45) is 0 Å². The molecule has 5 nitrogen and oxygen atoms in total. The van der Waals surface area contributed by atoms with Crippen LogP contribution in [0, 0.1) is 6.92 Å². The molecule has 0 radical (unpaired) electrons. The summed E-state index contributed by atoms with van der Waals surface area (Å²) in [6, 6.07) is 10.7. The molecule has 24 heavy (non-hydrogen) atoms. The Kier molecular flexibility index (Phi) is 5.30. The first-order valence-electron chi connectivity index (χ1n) is 8.77. The highest BCUT2D eigenvalue weighted by Gasteiger charge is 2.23. The Labute approximate surface area is 143 Å². The molecule has 3 rings (SSSR count). The van der Waals surface area contributed by atoms with Gasteiger partial charge >= 0.3 is 0 Å². The number of rotatable bonds is 6. The number of carbonyl (C=O) groups is 1. The number of hydrogen-bond donors (Lipinski definition) is 1. The number of benzene rings is 1. The number of carbonyl (C=O) groups excluding carboxylic acids is 1. The van der Waals surface area contributed by atoms with Crippen LogP contribution in [-0.2, 0) is 6.54 Å². The van der Waals surface area contributed by atoms with E-state index in [4.69, 9.17) is 0 Å². The van der Waals surface area contributed by atoms with Gasteiger partial charge in [-0.25, -0.2) is 0 Å². The lowest BCUT2D eigenvalue weighted by Crippen LogP contribution is -2.34. The van der Waals surface area contributed by atoms with Crippen molar-refractivity contribution < 1.29 is 4.79 Å². The molecule has 1 aromatic heterocycles. The van der Waals surface area contributed by atoms with E-state index in [-0.39, 0.29) is 5.91 Å². The summed E-state index contributed by atoms with van der Waals surface area (Å²) in [4.78, 5) is 14.7. The van der Waals surface area contributed by atoms with Gasteiger partial charge in [0, 0.05) is 31.9 Å². The molecule has 0 spiro atoms. The van der Waals surface area contributed by atoms with Crippen LogP contribution in [0.1, 0.15) is 40.9 Å². The molecule has 1 aromatic carbocycles. The lowest BCUT2D eigenvalue weighted by atomic mass is 9.99. The molecule has 0 bridgehead atoms. The maximum Gasteiger partial charge on any atom is 0.254 e.